The Morgan fingerprint density at radius 2 is 0.701 bits per heavy atom. The number of hydrogen-bond donors (Lipinski definition) is 1. The van der Waals surface area contributed by atoms with Crippen LogP contribution in [0.1, 0.15) is 247 Å². The number of aromatic amines is 1. The molecule has 14 aromatic heterocycles. The number of benzene rings is 2. The number of para-hydroxylation sites is 2. The molecule has 147 heavy (non-hydrogen) atoms. The number of rotatable bonds is 25. The topological polar surface area (TPSA) is 291 Å². The third kappa shape index (κ3) is 29.9. The number of amides is 7. The van der Waals surface area contributed by atoms with Gasteiger partial charge in [0.1, 0.15) is 22.8 Å². The van der Waals surface area contributed by atoms with E-state index in [1.165, 1.54) is 96.9 Å². The molecule has 0 fully saturated rings. The second kappa shape index (κ2) is 51.6. The third-order valence-electron chi connectivity index (χ3n) is 22.6. The molecule has 0 aliphatic rings. The van der Waals surface area contributed by atoms with E-state index in [2.05, 4.69) is 168 Å². The van der Waals surface area contributed by atoms with Crippen molar-refractivity contribution >= 4 is 109 Å². The molecule has 0 saturated heterocycles. The molecule has 16 aromatic rings. The summed E-state index contributed by atoms with van der Waals surface area (Å²) in [5.41, 5.74) is 13.8. The number of carbonyl (C=O) groups excluding carboxylic acids is 7. The van der Waals surface area contributed by atoms with Crippen LogP contribution in [0.3, 0.4) is 0 Å². The van der Waals surface area contributed by atoms with Gasteiger partial charge in [-0.2, -0.15) is 48.9 Å². The number of carbonyl (C=O) groups is 7. The van der Waals surface area contributed by atoms with Crippen molar-refractivity contribution in [2.24, 2.45) is 14.1 Å². The van der Waals surface area contributed by atoms with Crippen molar-refractivity contribution in [1.29, 1.82) is 0 Å². The van der Waals surface area contributed by atoms with Gasteiger partial charge in [-0.15, -0.1) is 68.0 Å². The van der Waals surface area contributed by atoms with Crippen LogP contribution < -0.4 is 0 Å². The van der Waals surface area contributed by atoms with Gasteiger partial charge in [-0.1, -0.05) is 126 Å². The maximum Gasteiger partial charge on any atom is 0.433 e. The van der Waals surface area contributed by atoms with Crippen LogP contribution in [0.5, 0.6) is 0 Å². The maximum atomic E-state index is 13.4. The Balaban J connectivity index is 0.000000176. The SMILES string of the molecule is CC(C)c1cc(-c2ccc(C(=O)N(C)C)s2)n(-c2ccccc2)n1.CC(C)c1cc(-c2ccc(C(=O)N(C)C)s2)n(C)n1.CC(C)c1cc(-c2ccc(C(=O)N(C)C)s2)n[nH]1.CC(C)c1cc(-c2ccc(C(=O)N(C)C)s2)nn1C.CCCn1nc(C(C)C)cc1-c1ccc(C(=O)N(C)C)s1.CCn1nc(C(C)C)cc1-c1ccc(C(=O)N(C)C)s1.CN(C)C(=O)c1cc(-c2cc(C(F)(F)F)n(-c3ccccc3)n2)ccn1. The Labute approximate surface area is 884 Å². The Morgan fingerprint density at radius 1 is 0.340 bits per heavy atom. The molecule has 16 rings (SSSR count). The van der Waals surface area contributed by atoms with Crippen molar-refractivity contribution in [1.82, 2.24) is 108 Å². The number of alkyl halides is 3. The number of H-pyrrole nitrogens is 1. The number of nitrogens with zero attached hydrogens (tertiary/aromatic N) is 21. The number of thiophene rings is 6. The molecule has 0 unspecified atom stereocenters. The zero-order valence-corrected chi connectivity index (χ0v) is 94.3. The van der Waals surface area contributed by atoms with Gasteiger partial charge in [0.2, 0.25) is 0 Å². The van der Waals surface area contributed by atoms with Crippen molar-refractivity contribution in [3.8, 4) is 86.1 Å². The van der Waals surface area contributed by atoms with Crippen LogP contribution in [-0.2, 0) is 33.4 Å². The Kier molecular flexibility index (Phi) is 40.5. The van der Waals surface area contributed by atoms with Crippen LogP contribution in [0.25, 0.3) is 86.1 Å². The first-order chi connectivity index (χ1) is 69.4. The number of hydrogen-bond acceptors (Lipinski definition) is 21. The predicted molar refractivity (Wildman–Crippen MR) is 591 cm³/mol. The molecule has 0 aliphatic heterocycles. The zero-order valence-electron chi connectivity index (χ0n) is 89.4. The molecule has 0 atom stereocenters. The molecule has 1 N–H and O–H groups in total. The van der Waals surface area contributed by atoms with Crippen LogP contribution in [0, 0.1) is 0 Å². The summed E-state index contributed by atoms with van der Waals surface area (Å²) in [7, 11) is 28.3. The quantitative estimate of drug-likeness (QED) is 0.0556. The summed E-state index contributed by atoms with van der Waals surface area (Å²) < 4.78 is 51.0. The fourth-order valence-corrected chi connectivity index (χ4v) is 20.4. The second-order valence-corrected chi connectivity index (χ2v) is 44.4. The normalized spacial score (nSPS) is 11.1. The fraction of sp³-hybridized carbons (Fsp3) is 0.367. The first-order valence-electron chi connectivity index (χ1n) is 48.2. The lowest BCUT2D eigenvalue weighted by Gasteiger charge is -2.09. The molecule has 0 saturated carbocycles. The van der Waals surface area contributed by atoms with Gasteiger partial charge >= 0.3 is 6.18 Å². The van der Waals surface area contributed by atoms with Gasteiger partial charge < -0.3 is 34.3 Å². The largest absolute Gasteiger partial charge is 0.433 e. The van der Waals surface area contributed by atoms with E-state index >= 15 is 0 Å². The van der Waals surface area contributed by atoms with E-state index in [0.29, 0.717) is 46.8 Å². The lowest BCUT2D eigenvalue weighted by Crippen LogP contribution is -2.22. The molecule has 0 aliphatic carbocycles. The average molecular weight is 2110 g/mol. The number of aromatic nitrogens is 15. The average Bonchev–Trinajstić information content (AvgIpc) is 1.64. The lowest BCUT2D eigenvalue weighted by molar-refractivity contribution is -0.142. The van der Waals surface area contributed by atoms with Crippen molar-refractivity contribution in [2.45, 2.75) is 158 Å². The van der Waals surface area contributed by atoms with Crippen molar-refractivity contribution in [2.75, 3.05) is 98.7 Å². The molecule has 7 amide bonds. The van der Waals surface area contributed by atoms with Gasteiger partial charge in [-0.3, -0.25) is 62.4 Å². The van der Waals surface area contributed by atoms with Crippen LogP contribution in [-0.4, -0.2) is 248 Å². The predicted octanol–water partition coefficient (Wildman–Crippen LogP) is 24.3. The van der Waals surface area contributed by atoms with Crippen LogP contribution in [0.15, 0.2) is 194 Å². The fourth-order valence-electron chi connectivity index (χ4n) is 14.3. The summed E-state index contributed by atoms with van der Waals surface area (Å²) in [5, 5.41) is 34.5. The van der Waals surface area contributed by atoms with Gasteiger partial charge in [0.05, 0.1) is 121 Å². The smallest absolute Gasteiger partial charge is 0.344 e. The van der Waals surface area contributed by atoms with Gasteiger partial charge in [0.25, 0.3) is 41.4 Å². The van der Waals surface area contributed by atoms with Gasteiger partial charge in [-0.25, -0.2) is 9.36 Å². The molecule has 38 heteroatoms. The molecular formula is C109H135F3N22O7S6. The zero-order chi connectivity index (χ0) is 108. The highest BCUT2D eigenvalue weighted by Crippen LogP contribution is 2.40. The Morgan fingerprint density at radius 3 is 1.07 bits per heavy atom. The van der Waals surface area contributed by atoms with Gasteiger partial charge in [-0.05, 0) is 201 Å². The van der Waals surface area contributed by atoms with Crippen LogP contribution in [0.2, 0.25) is 0 Å². The van der Waals surface area contributed by atoms with E-state index < -0.39 is 11.9 Å². The summed E-state index contributed by atoms with van der Waals surface area (Å²) in [4.78, 5) is 110. The van der Waals surface area contributed by atoms with E-state index in [0.717, 1.165) is 157 Å². The first kappa shape index (κ1) is 115. The molecule has 2 aromatic carbocycles. The first-order valence-corrected chi connectivity index (χ1v) is 53.1. The third-order valence-corrected chi connectivity index (χ3v) is 29.2. The van der Waals surface area contributed by atoms with Crippen molar-refractivity contribution in [3.63, 3.8) is 0 Å². The minimum atomic E-state index is -4.57. The molecule has 0 radical (unpaired) electrons. The van der Waals surface area contributed by atoms with Gasteiger partial charge in [0, 0.05) is 149 Å². The van der Waals surface area contributed by atoms with E-state index in [4.69, 9.17) is 10.2 Å². The number of nitrogens with one attached hydrogen (secondary N) is 1. The van der Waals surface area contributed by atoms with Crippen LogP contribution in [0.4, 0.5) is 13.2 Å². The molecule has 14 heterocycles. The number of aryl methyl sites for hydroxylation is 4. The van der Waals surface area contributed by atoms with E-state index in [1.807, 2.05) is 142 Å². The van der Waals surface area contributed by atoms with Gasteiger partial charge in [0.15, 0.2) is 0 Å². The summed E-state index contributed by atoms with van der Waals surface area (Å²) in [5.74, 6) is 2.33. The molecule has 0 spiro atoms. The number of pyridine rings is 1. The monoisotopic (exact) mass is 2110 g/mol. The number of halogens is 3. The summed E-state index contributed by atoms with van der Waals surface area (Å²) in [6, 6.07) is 57.9. The summed E-state index contributed by atoms with van der Waals surface area (Å²) in [6.07, 6.45) is -2.15. The highest BCUT2D eigenvalue weighted by Gasteiger charge is 2.37. The van der Waals surface area contributed by atoms with Crippen LogP contribution >= 0.6 is 68.0 Å². The molecular weight excluding hydrogens is 1980 g/mol. The lowest BCUT2D eigenvalue weighted by atomic mass is 10.1. The minimum Gasteiger partial charge on any atom is -0.344 e. The highest BCUT2D eigenvalue weighted by atomic mass is 32.1. The standard InChI is InChI=1S/C19H21N3OS.C18H15F3N4O.C16H23N3OS.C15H21N3OS.2C14H19N3OS.C13H17N3OS/c1-13(2)15-12-16(22(20-15)14-8-6-5-7-9-14)17-10-11-18(24-17)19(23)21(3)4;1-24(2)17(26)15-10-12(8-9-22-15)14-11-16(18(19,20)21)25(23-14)13-6-4-3-5-7-13;1-6-9-19-13(10-12(17-19)11(2)3)14-7-8-15(21-14)16(20)18(4)5;1-6-18-12(9-11(16-18)10(2)3)13-7-8-14(20-13)15(19)17(4)5;1-9(2)11-8-10(15-17(11)5)12-6-7-13(19-12)14(18)16(3)4;1-9(2)10-8-11(17(5)15-10)12-6-7-13(19-12)14(18)16(3)4;1-8(2)9-7-10(15-14-9)11-5-6-12(18-11)13(17)16(3)4/h5-13H,1-4H3;3-11H,1-2H3;7-8,10-11H,6,9H2,1-5H3;7-10H,6H2,1-5H3;2*6-9H,1-5H3;5-8H,1-4H3,(H,14,15). The maximum absolute atomic E-state index is 13.4. The minimum absolute atomic E-state index is 0.0288. The van der Waals surface area contributed by atoms with Crippen molar-refractivity contribution < 1.29 is 46.7 Å². The van der Waals surface area contributed by atoms with Crippen molar-refractivity contribution in [3.05, 3.63) is 269 Å². The Bertz CT molecular complexity index is 7090. The van der Waals surface area contributed by atoms with E-state index in [9.17, 15) is 46.7 Å². The molecule has 780 valence electrons. The van der Waals surface area contributed by atoms with E-state index in [1.54, 1.807) is 158 Å². The molecule has 0 bridgehead atoms. The molecule has 29 nitrogen and oxygen atoms in total. The second-order valence-electron chi connectivity index (χ2n) is 37.9. The van der Waals surface area contributed by atoms with E-state index in [-0.39, 0.29) is 52.7 Å². The highest BCUT2D eigenvalue weighted by molar-refractivity contribution is 7.19. The summed E-state index contributed by atoms with van der Waals surface area (Å²) in [6.45, 7) is 31.6. The Hall–Kier alpha value is -13.7. The summed E-state index contributed by atoms with van der Waals surface area (Å²) >= 11 is 9.04.